The fourth-order valence-corrected chi connectivity index (χ4v) is 2.78. The number of hydrogen-bond acceptors (Lipinski definition) is 4. The van der Waals surface area contributed by atoms with Gasteiger partial charge in [0, 0.05) is 30.8 Å². The molecule has 2 heterocycles. The van der Waals surface area contributed by atoms with Gasteiger partial charge in [-0.1, -0.05) is 23.4 Å². The third-order valence-electron chi connectivity index (χ3n) is 3.93. The van der Waals surface area contributed by atoms with Crippen molar-refractivity contribution in [3.63, 3.8) is 0 Å². The Morgan fingerprint density at radius 2 is 2.09 bits per heavy atom. The van der Waals surface area contributed by atoms with Crippen LogP contribution in [0.2, 0.25) is 0 Å². The zero-order chi connectivity index (χ0) is 16.2. The molecule has 0 aliphatic carbocycles. The van der Waals surface area contributed by atoms with E-state index in [9.17, 15) is 9.59 Å². The van der Waals surface area contributed by atoms with Gasteiger partial charge in [0.15, 0.2) is 5.69 Å². The summed E-state index contributed by atoms with van der Waals surface area (Å²) < 4.78 is 4.92. The number of nitrogens with zero attached hydrogens (tertiary/aromatic N) is 2. The van der Waals surface area contributed by atoms with Crippen molar-refractivity contribution < 1.29 is 14.1 Å². The number of amides is 2. The second-order valence-electron chi connectivity index (χ2n) is 5.75. The van der Waals surface area contributed by atoms with E-state index < -0.39 is 0 Å². The molecular formula is C17H19N3O3. The zero-order valence-corrected chi connectivity index (χ0v) is 13.0. The maximum atomic E-state index is 12.5. The van der Waals surface area contributed by atoms with E-state index in [4.69, 9.17) is 4.52 Å². The lowest BCUT2D eigenvalue weighted by molar-refractivity contribution is 0.0674. The first kappa shape index (κ1) is 15.3. The third kappa shape index (κ3) is 3.59. The van der Waals surface area contributed by atoms with Crippen LogP contribution in [0.3, 0.4) is 0 Å². The highest BCUT2D eigenvalue weighted by atomic mass is 16.5. The average Bonchev–Trinajstić information content (AvgIpc) is 3.02. The Morgan fingerprint density at radius 3 is 2.78 bits per heavy atom. The van der Waals surface area contributed by atoms with Crippen LogP contribution in [0, 0.1) is 6.92 Å². The number of carbonyl (C=O) groups excluding carboxylic acids is 2. The lowest BCUT2D eigenvalue weighted by atomic mass is 10.0. The molecule has 1 N–H and O–H groups in total. The van der Waals surface area contributed by atoms with Crippen LogP contribution in [0.5, 0.6) is 0 Å². The average molecular weight is 313 g/mol. The highest BCUT2D eigenvalue weighted by molar-refractivity contribution is 5.94. The molecule has 2 aromatic rings. The molecule has 1 aromatic heterocycles. The van der Waals surface area contributed by atoms with Gasteiger partial charge in [0.1, 0.15) is 5.76 Å². The Kier molecular flexibility index (Phi) is 4.41. The van der Waals surface area contributed by atoms with Gasteiger partial charge in [0.05, 0.1) is 0 Å². The van der Waals surface area contributed by atoms with Crippen molar-refractivity contribution in [1.82, 2.24) is 15.4 Å². The molecule has 6 nitrogen and oxygen atoms in total. The predicted molar refractivity (Wildman–Crippen MR) is 84.1 cm³/mol. The normalized spacial score (nSPS) is 17.8. The number of carbonyl (C=O) groups is 2. The first-order valence-electron chi connectivity index (χ1n) is 7.72. The summed E-state index contributed by atoms with van der Waals surface area (Å²) in [5, 5.41) is 6.64. The van der Waals surface area contributed by atoms with Crippen molar-refractivity contribution in [3.8, 4) is 0 Å². The standard InChI is InChI=1S/C17H19N3O3/c1-12-10-15(19-23-12)16(21)18-14-8-5-9-20(11-14)17(22)13-6-3-2-4-7-13/h2-4,6-7,10,14H,5,8-9,11H2,1H3,(H,18,21). The van der Waals surface area contributed by atoms with Gasteiger partial charge in [0.25, 0.3) is 11.8 Å². The van der Waals surface area contributed by atoms with Crippen molar-refractivity contribution in [1.29, 1.82) is 0 Å². The van der Waals surface area contributed by atoms with Crippen LogP contribution < -0.4 is 5.32 Å². The number of piperidine rings is 1. The molecule has 1 atom stereocenters. The Hall–Kier alpha value is -2.63. The molecule has 0 spiro atoms. The lowest BCUT2D eigenvalue weighted by Gasteiger charge is -2.33. The maximum Gasteiger partial charge on any atom is 0.273 e. The summed E-state index contributed by atoms with van der Waals surface area (Å²) in [6.45, 7) is 2.96. The fraction of sp³-hybridized carbons (Fsp3) is 0.353. The summed E-state index contributed by atoms with van der Waals surface area (Å²) in [6, 6.07) is 10.7. The number of aromatic nitrogens is 1. The minimum atomic E-state index is -0.263. The largest absolute Gasteiger partial charge is 0.361 e. The van der Waals surface area contributed by atoms with Crippen LogP contribution in [0.15, 0.2) is 40.9 Å². The number of likely N-dealkylation sites (tertiary alicyclic amines) is 1. The van der Waals surface area contributed by atoms with Gasteiger partial charge in [-0.25, -0.2) is 0 Å². The van der Waals surface area contributed by atoms with Gasteiger partial charge in [-0.15, -0.1) is 0 Å². The maximum absolute atomic E-state index is 12.5. The Labute approximate surface area is 134 Å². The lowest BCUT2D eigenvalue weighted by Crippen LogP contribution is -2.49. The molecule has 2 amide bonds. The monoisotopic (exact) mass is 313 g/mol. The molecule has 1 unspecified atom stereocenters. The van der Waals surface area contributed by atoms with Crippen LogP contribution in [0.1, 0.15) is 39.4 Å². The molecular weight excluding hydrogens is 294 g/mol. The summed E-state index contributed by atoms with van der Waals surface area (Å²) in [5.41, 5.74) is 0.945. The van der Waals surface area contributed by atoms with Gasteiger partial charge in [0.2, 0.25) is 0 Å². The minimum absolute atomic E-state index is 0.00169. The summed E-state index contributed by atoms with van der Waals surface area (Å²) in [7, 11) is 0. The number of hydrogen-bond donors (Lipinski definition) is 1. The molecule has 1 aliphatic rings. The van der Waals surface area contributed by atoms with Crippen LogP contribution in [-0.4, -0.2) is 41.0 Å². The molecule has 0 saturated carbocycles. The molecule has 0 radical (unpaired) electrons. The van der Waals surface area contributed by atoms with E-state index in [1.807, 2.05) is 30.3 Å². The summed E-state index contributed by atoms with van der Waals surface area (Å²) in [4.78, 5) is 26.4. The second kappa shape index (κ2) is 6.64. The molecule has 0 bridgehead atoms. The van der Waals surface area contributed by atoms with Crippen LogP contribution in [0.4, 0.5) is 0 Å². The van der Waals surface area contributed by atoms with Gasteiger partial charge < -0.3 is 14.7 Å². The molecule has 6 heteroatoms. The highest BCUT2D eigenvalue weighted by Gasteiger charge is 2.26. The summed E-state index contributed by atoms with van der Waals surface area (Å²) >= 11 is 0. The SMILES string of the molecule is Cc1cc(C(=O)NC2CCCN(C(=O)c3ccccc3)C2)no1. The van der Waals surface area contributed by atoms with Gasteiger partial charge in [-0.3, -0.25) is 9.59 Å². The Bertz CT molecular complexity index is 696. The van der Waals surface area contributed by atoms with Crippen molar-refractivity contribution in [3.05, 3.63) is 53.4 Å². The predicted octanol–water partition coefficient (Wildman–Crippen LogP) is 2.02. The van der Waals surface area contributed by atoms with Gasteiger partial charge >= 0.3 is 0 Å². The molecule has 1 fully saturated rings. The number of aryl methyl sites for hydroxylation is 1. The fourth-order valence-electron chi connectivity index (χ4n) is 2.78. The Morgan fingerprint density at radius 1 is 1.30 bits per heavy atom. The van der Waals surface area contributed by atoms with E-state index in [1.54, 1.807) is 17.9 Å². The van der Waals surface area contributed by atoms with E-state index >= 15 is 0 Å². The molecule has 1 aliphatic heterocycles. The third-order valence-corrected chi connectivity index (χ3v) is 3.93. The number of benzene rings is 1. The molecule has 1 aromatic carbocycles. The molecule has 23 heavy (non-hydrogen) atoms. The molecule has 120 valence electrons. The van der Waals surface area contributed by atoms with Crippen LogP contribution >= 0.6 is 0 Å². The van der Waals surface area contributed by atoms with E-state index in [-0.39, 0.29) is 23.6 Å². The number of nitrogens with one attached hydrogen (secondary N) is 1. The topological polar surface area (TPSA) is 75.4 Å². The van der Waals surface area contributed by atoms with Crippen LogP contribution in [-0.2, 0) is 0 Å². The summed E-state index contributed by atoms with van der Waals surface area (Å²) in [6.07, 6.45) is 1.71. The second-order valence-corrected chi connectivity index (χ2v) is 5.75. The van der Waals surface area contributed by atoms with Gasteiger partial charge in [-0.05, 0) is 31.9 Å². The smallest absolute Gasteiger partial charge is 0.273 e. The first-order chi connectivity index (χ1) is 11.1. The molecule has 1 saturated heterocycles. The quantitative estimate of drug-likeness (QED) is 0.940. The van der Waals surface area contributed by atoms with Gasteiger partial charge in [-0.2, -0.15) is 0 Å². The van der Waals surface area contributed by atoms with E-state index in [0.29, 0.717) is 24.4 Å². The van der Waals surface area contributed by atoms with Crippen molar-refractivity contribution in [2.24, 2.45) is 0 Å². The zero-order valence-electron chi connectivity index (χ0n) is 13.0. The summed E-state index contributed by atoms with van der Waals surface area (Å²) in [5.74, 6) is 0.336. The van der Waals surface area contributed by atoms with E-state index in [0.717, 1.165) is 12.8 Å². The first-order valence-corrected chi connectivity index (χ1v) is 7.72. The highest BCUT2D eigenvalue weighted by Crippen LogP contribution is 2.14. The van der Waals surface area contributed by atoms with E-state index in [1.165, 1.54) is 0 Å². The van der Waals surface area contributed by atoms with Crippen molar-refractivity contribution >= 4 is 11.8 Å². The van der Waals surface area contributed by atoms with Crippen molar-refractivity contribution in [2.45, 2.75) is 25.8 Å². The van der Waals surface area contributed by atoms with Crippen molar-refractivity contribution in [2.75, 3.05) is 13.1 Å². The molecule has 3 rings (SSSR count). The van der Waals surface area contributed by atoms with E-state index in [2.05, 4.69) is 10.5 Å². The Balaban J connectivity index is 1.62. The van der Waals surface area contributed by atoms with Crippen LogP contribution in [0.25, 0.3) is 0 Å². The minimum Gasteiger partial charge on any atom is -0.361 e. The number of rotatable bonds is 3.